The normalized spacial score (nSPS) is 10.1. The van der Waals surface area contributed by atoms with Gasteiger partial charge in [0, 0.05) is 22.8 Å². The summed E-state index contributed by atoms with van der Waals surface area (Å²) < 4.78 is 0. The number of hydrogen-bond acceptors (Lipinski definition) is 2. The largest absolute Gasteiger partial charge is 0.352 e. The highest BCUT2D eigenvalue weighted by molar-refractivity contribution is 7.99. The molecule has 3 heteroatoms. The van der Waals surface area contributed by atoms with Crippen molar-refractivity contribution in [3.05, 3.63) is 72.8 Å². The van der Waals surface area contributed by atoms with Crippen LogP contribution in [-0.4, -0.2) is 5.91 Å². The number of hydrogen-bond donors (Lipinski definition) is 1. The van der Waals surface area contributed by atoms with E-state index in [1.807, 2.05) is 30.3 Å². The number of benzene rings is 2. The first-order valence-electron chi connectivity index (χ1n) is 6.98. The lowest BCUT2D eigenvalue weighted by molar-refractivity contribution is -0.121. The maximum atomic E-state index is 11.7. The smallest absolute Gasteiger partial charge is 0.220 e. The van der Waals surface area contributed by atoms with Crippen LogP contribution in [0.3, 0.4) is 0 Å². The molecule has 0 saturated carbocycles. The number of amides is 1. The fourth-order valence-corrected chi connectivity index (χ4v) is 2.85. The van der Waals surface area contributed by atoms with Gasteiger partial charge in [-0.3, -0.25) is 4.79 Å². The molecule has 1 N–H and O–H groups in total. The van der Waals surface area contributed by atoms with Gasteiger partial charge in [-0.05, 0) is 30.2 Å². The number of carbonyl (C=O) groups excluding carboxylic acids is 1. The number of rotatable bonds is 7. The fourth-order valence-electron chi connectivity index (χ4n) is 1.88. The topological polar surface area (TPSA) is 29.1 Å². The highest BCUT2D eigenvalue weighted by atomic mass is 32.2. The van der Waals surface area contributed by atoms with Crippen LogP contribution < -0.4 is 5.32 Å². The molecular formula is C18H19NOS. The van der Waals surface area contributed by atoms with E-state index in [4.69, 9.17) is 0 Å². The summed E-state index contributed by atoms with van der Waals surface area (Å²) in [7, 11) is 0. The first-order valence-corrected chi connectivity index (χ1v) is 7.79. The molecular weight excluding hydrogens is 278 g/mol. The van der Waals surface area contributed by atoms with E-state index < -0.39 is 0 Å². The van der Waals surface area contributed by atoms with Gasteiger partial charge in [-0.1, -0.05) is 54.2 Å². The van der Waals surface area contributed by atoms with Gasteiger partial charge in [0.05, 0.1) is 0 Å². The molecule has 0 fully saturated rings. The Bertz CT molecular complexity index is 595. The van der Waals surface area contributed by atoms with Gasteiger partial charge in [0.1, 0.15) is 0 Å². The molecule has 0 heterocycles. The van der Waals surface area contributed by atoms with Crippen molar-refractivity contribution in [3.8, 4) is 0 Å². The summed E-state index contributed by atoms with van der Waals surface area (Å²) in [5, 5.41) is 2.96. The Labute approximate surface area is 130 Å². The third-order valence-electron chi connectivity index (χ3n) is 3.00. The van der Waals surface area contributed by atoms with E-state index in [-0.39, 0.29) is 5.91 Å². The number of carbonyl (C=O) groups is 1. The molecule has 21 heavy (non-hydrogen) atoms. The first-order chi connectivity index (χ1) is 10.3. The van der Waals surface area contributed by atoms with Crippen LogP contribution in [-0.2, 0) is 11.3 Å². The van der Waals surface area contributed by atoms with Crippen molar-refractivity contribution in [2.75, 3.05) is 0 Å². The molecule has 1 amide bonds. The molecule has 2 nitrogen and oxygen atoms in total. The molecule has 0 aromatic heterocycles. The molecule has 0 spiro atoms. The second kappa shape index (κ2) is 8.32. The average molecular weight is 297 g/mol. The van der Waals surface area contributed by atoms with Gasteiger partial charge in [-0.15, -0.1) is 6.58 Å². The Hall–Kier alpha value is -2.00. The van der Waals surface area contributed by atoms with Gasteiger partial charge in [0.2, 0.25) is 5.91 Å². The lowest BCUT2D eigenvalue weighted by atomic mass is 10.2. The van der Waals surface area contributed by atoms with Gasteiger partial charge in [0.25, 0.3) is 0 Å². The molecule has 0 atom stereocenters. The fraction of sp³-hybridized carbons (Fsp3) is 0.167. The van der Waals surface area contributed by atoms with Crippen molar-refractivity contribution < 1.29 is 4.79 Å². The molecule has 0 aliphatic rings. The van der Waals surface area contributed by atoms with E-state index in [1.165, 1.54) is 9.79 Å². The summed E-state index contributed by atoms with van der Waals surface area (Å²) in [6.45, 7) is 4.19. The van der Waals surface area contributed by atoms with Crippen LogP contribution in [0.4, 0.5) is 0 Å². The maximum absolute atomic E-state index is 11.7. The molecule has 0 unspecified atom stereocenters. The van der Waals surface area contributed by atoms with Crippen molar-refractivity contribution in [1.29, 1.82) is 0 Å². The molecule has 0 bridgehead atoms. The Morgan fingerprint density at radius 2 is 1.81 bits per heavy atom. The van der Waals surface area contributed by atoms with Crippen LogP contribution >= 0.6 is 11.8 Å². The third-order valence-corrected chi connectivity index (χ3v) is 4.12. The summed E-state index contributed by atoms with van der Waals surface area (Å²) >= 11 is 1.72. The van der Waals surface area contributed by atoms with E-state index in [1.54, 1.807) is 17.8 Å². The molecule has 0 saturated heterocycles. The van der Waals surface area contributed by atoms with E-state index in [0.29, 0.717) is 19.4 Å². The van der Waals surface area contributed by atoms with Crippen LogP contribution in [0.25, 0.3) is 0 Å². The molecule has 108 valence electrons. The molecule has 2 aromatic rings. The average Bonchev–Trinajstić information content (AvgIpc) is 2.53. The van der Waals surface area contributed by atoms with Crippen molar-refractivity contribution in [2.45, 2.75) is 29.2 Å². The van der Waals surface area contributed by atoms with Gasteiger partial charge >= 0.3 is 0 Å². The summed E-state index contributed by atoms with van der Waals surface area (Å²) in [5.74, 6) is 0.0643. The lowest BCUT2D eigenvalue weighted by Gasteiger charge is -2.10. The van der Waals surface area contributed by atoms with Crippen molar-refractivity contribution in [1.82, 2.24) is 5.32 Å². The van der Waals surface area contributed by atoms with E-state index in [9.17, 15) is 4.79 Å². The standard InChI is InChI=1S/C18H19NOS/c1-2-3-13-18(20)19-14-15-9-7-8-12-17(15)21-16-10-5-4-6-11-16/h2,4-12H,1,3,13-14H2,(H,19,20). The Morgan fingerprint density at radius 1 is 1.10 bits per heavy atom. The van der Waals surface area contributed by atoms with E-state index in [0.717, 1.165) is 5.56 Å². The van der Waals surface area contributed by atoms with Crippen LogP contribution in [0.1, 0.15) is 18.4 Å². The van der Waals surface area contributed by atoms with Crippen LogP contribution in [0, 0.1) is 0 Å². The van der Waals surface area contributed by atoms with Crippen molar-refractivity contribution >= 4 is 17.7 Å². The molecule has 0 aliphatic heterocycles. The van der Waals surface area contributed by atoms with Crippen molar-refractivity contribution in [2.24, 2.45) is 0 Å². The first kappa shape index (κ1) is 15.4. The minimum atomic E-state index is 0.0643. The van der Waals surface area contributed by atoms with Crippen LogP contribution in [0.15, 0.2) is 77.0 Å². The van der Waals surface area contributed by atoms with Crippen LogP contribution in [0.5, 0.6) is 0 Å². The number of allylic oxidation sites excluding steroid dienone is 1. The summed E-state index contributed by atoms with van der Waals surface area (Å²) in [6, 6.07) is 18.4. The highest BCUT2D eigenvalue weighted by Gasteiger charge is 2.05. The highest BCUT2D eigenvalue weighted by Crippen LogP contribution is 2.30. The molecule has 2 aromatic carbocycles. The quantitative estimate of drug-likeness (QED) is 0.766. The Morgan fingerprint density at radius 3 is 2.57 bits per heavy atom. The summed E-state index contributed by atoms with van der Waals surface area (Å²) in [4.78, 5) is 14.1. The SMILES string of the molecule is C=CCCC(=O)NCc1ccccc1Sc1ccccc1. The zero-order chi connectivity index (χ0) is 14.9. The Balaban J connectivity index is 2.00. The molecule has 2 rings (SSSR count). The zero-order valence-corrected chi connectivity index (χ0v) is 12.7. The second-order valence-electron chi connectivity index (χ2n) is 4.63. The monoisotopic (exact) mass is 297 g/mol. The molecule has 0 radical (unpaired) electrons. The van der Waals surface area contributed by atoms with Gasteiger partial charge < -0.3 is 5.32 Å². The second-order valence-corrected chi connectivity index (χ2v) is 5.74. The number of nitrogens with one attached hydrogen (secondary N) is 1. The third kappa shape index (κ3) is 5.12. The predicted molar refractivity (Wildman–Crippen MR) is 88.3 cm³/mol. The maximum Gasteiger partial charge on any atom is 0.220 e. The Kier molecular flexibility index (Phi) is 6.10. The van der Waals surface area contributed by atoms with Crippen molar-refractivity contribution in [3.63, 3.8) is 0 Å². The molecule has 0 aliphatic carbocycles. The van der Waals surface area contributed by atoms with Gasteiger partial charge in [-0.25, -0.2) is 0 Å². The van der Waals surface area contributed by atoms with Crippen LogP contribution in [0.2, 0.25) is 0 Å². The van der Waals surface area contributed by atoms with E-state index >= 15 is 0 Å². The summed E-state index contributed by atoms with van der Waals surface area (Å²) in [6.07, 6.45) is 2.97. The van der Waals surface area contributed by atoms with Gasteiger partial charge in [-0.2, -0.15) is 0 Å². The summed E-state index contributed by atoms with van der Waals surface area (Å²) in [5.41, 5.74) is 1.14. The lowest BCUT2D eigenvalue weighted by Crippen LogP contribution is -2.22. The van der Waals surface area contributed by atoms with E-state index in [2.05, 4.69) is 36.2 Å². The predicted octanol–water partition coefficient (Wildman–Crippen LogP) is 4.42. The van der Waals surface area contributed by atoms with Gasteiger partial charge in [0.15, 0.2) is 0 Å². The minimum Gasteiger partial charge on any atom is -0.352 e. The zero-order valence-electron chi connectivity index (χ0n) is 11.9. The minimum absolute atomic E-state index is 0.0643.